The van der Waals surface area contributed by atoms with E-state index in [0.29, 0.717) is 23.0 Å². The molecule has 168 valence electrons. The number of carbonyl (C=O) groups excluding carboxylic acids is 1. The van der Waals surface area contributed by atoms with Crippen molar-refractivity contribution in [1.82, 2.24) is 14.6 Å². The summed E-state index contributed by atoms with van der Waals surface area (Å²) in [5.74, 6) is -0.421. The molecule has 0 unspecified atom stereocenters. The minimum Gasteiger partial charge on any atom is -0.308 e. The summed E-state index contributed by atoms with van der Waals surface area (Å²) >= 11 is 0. The zero-order chi connectivity index (χ0) is 23.4. The van der Waals surface area contributed by atoms with Crippen molar-refractivity contribution in [3.63, 3.8) is 0 Å². The highest BCUT2D eigenvalue weighted by atomic mass is 19.4. The number of fused-ring (bicyclic) bond motifs is 3. The molecule has 6 rings (SSSR count). The van der Waals surface area contributed by atoms with Crippen molar-refractivity contribution in [2.24, 2.45) is 0 Å². The van der Waals surface area contributed by atoms with Gasteiger partial charge in [-0.25, -0.2) is 9.50 Å². The van der Waals surface area contributed by atoms with E-state index in [9.17, 15) is 18.0 Å². The Morgan fingerprint density at radius 1 is 0.941 bits per heavy atom. The molecule has 2 aromatic heterocycles. The first kappa shape index (κ1) is 20.4. The monoisotopic (exact) mass is 458 g/mol. The number of hydrogen-bond donors (Lipinski definition) is 0. The number of benzene rings is 3. The van der Waals surface area contributed by atoms with Crippen molar-refractivity contribution in [2.45, 2.75) is 12.6 Å². The average Bonchev–Trinajstić information content (AvgIpc) is 3.46. The molecule has 34 heavy (non-hydrogen) atoms. The van der Waals surface area contributed by atoms with E-state index in [1.54, 1.807) is 17.0 Å². The molecular weight excluding hydrogens is 441 g/mol. The lowest BCUT2D eigenvalue weighted by molar-refractivity contribution is -0.142. The molecule has 0 saturated heterocycles. The largest absolute Gasteiger partial charge is 0.433 e. The van der Waals surface area contributed by atoms with Gasteiger partial charge in [0.05, 0.1) is 11.9 Å². The SMILES string of the molecule is O=C(c1cnn2c(C(F)(F)F)cc(-c3cccc4ccccc34)nc12)N1CCc2ccccc21. The first-order chi connectivity index (χ1) is 16.4. The third kappa shape index (κ3) is 3.14. The summed E-state index contributed by atoms with van der Waals surface area (Å²) in [4.78, 5) is 19.6. The molecule has 0 aliphatic carbocycles. The third-order valence-corrected chi connectivity index (χ3v) is 6.19. The van der Waals surface area contributed by atoms with Crippen molar-refractivity contribution in [3.8, 4) is 11.3 Å². The average molecular weight is 458 g/mol. The number of para-hydroxylation sites is 1. The molecule has 1 amide bonds. The summed E-state index contributed by atoms with van der Waals surface area (Å²) in [6, 6.07) is 21.3. The van der Waals surface area contributed by atoms with Crippen molar-refractivity contribution in [2.75, 3.05) is 11.4 Å². The van der Waals surface area contributed by atoms with Crippen LogP contribution in [-0.2, 0) is 12.6 Å². The predicted octanol–water partition coefficient (Wildman–Crippen LogP) is 5.77. The Morgan fingerprint density at radius 2 is 1.71 bits per heavy atom. The molecule has 0 bridgehead atoms. The van der Waals surface area contributed by atoms with Crippen LogP contribution < -0.4 is 4.90 Å². The van der Waals surface area contributed by atoms with E-state index >= 15 is 0 Å². The Balaban J connectivity index is 1.57. The predicted molar refractivity (Wildman–Crippen MR) is 123 cm³/mol. The van der Waals surface area contributed by atoms with Gasteiger partial charge < -0.3 is 4.90 Å². The van der Waals surface area contributed by atoms with Crippen LogP contribution in [0, 0.1) is 0 Å². The van der Waals surface area contributed by atoms with Crippen LogP contribution in [0.15, 0.2) is 79.0 Å². The van der Waals surface area contributed by atoms with Crippen LogP contribution in [0.25, 0.3) is 27.7 Å². The maximum atomic E-state index is 14.1. The summed E-state index contributed by atoms with van der Waals surface area (Å²) in [6.07, 6.45) is -2.83. The Bertz CT molecular complexity index is 1580. The number of halogens is 3. The van der Waals surface area contributed by atoms with Crippen LogP contribution in [0.2, 0.25) is 0 Å². The van der Waals surface area contributed by atoms with Gasteiger partial charge in [-0.05, 0) is 34.9 Å². The van der Waals surface area contributed by atoms with Gasteiger partial charge in [0.25, 0.3) is 5.91 Å². The van der Waals surface area contributed by atoms with E-state index in [1.807, 2.05) is 54.6 Å². The zero-order valence-corrected chi connectivity index (χ0v) is 17.8. The number of nitrogens with zero attached hydrogens (tertiary/aromatic N) is 4. The molecule has 3 heterocycles. The van der Waals surface area contributed by atoms with E-state index in [2.05, 4.69) is 10.1 Å². The quantitative estimate of drug-likeness (QED) is 0.337. The molecule has 0 radical (unpaired) electrons. The number of carbonyl (C=O) groups is 1. The molecule has 0 fully saturated rings. The van der Waals surface area contributed by atoms with Crippen molar-refractivity contribution in [3.05, 3.63) is 95.8 Å². The highest BCUT2D eigenvalue weighted by Crippen LogP contribution is 2.36. The molecule has 0 saturated carbocycles. The fourth-order valence-electron chi connectivity index (χ4n) is 4.60. The molecule has 8 heteroatoms. The second-order valence-electron chi connectivity index (χ2n) is 8.18. The third-order valence-electron chi connectivity index (χ3n) is 6.19. The number of amides is 1. The highest BCUT2D eigenvalue weighted by molar-refractivity contribution is 6.11. The van der Waals surface area contributed by atoms with Gasteiger partial charge in [-0.15, -0.1) is 0 Å². The fraction of sp³-hybridized carbons (Fsp3) is 0.115. The van der Waals surface area contributed by atoms with Crippen LogP contribution in [0.1, 0.15) is 21.6 Å². The van der Waals surface area contributed by atoms with Gasteiger partial charge in [-0.1, -0.05) is 60.7 Å². The minimum absolute atomic E-state index is 0.0317. The highest BCUT2D eigenvalue weighted by Gasteiger charge is 2.37. The van der Waals surface area contributed by atoms with Crippen LogP contribution >= 0.6 is 0 Å². The summed E-state index contributed by atoms with van der Waals surface area (Å²) in [5, 5.41) is 5.57. The Labute approximate surface area is 192 Å². The van der Waals surface area contributed by atoms with Gasteiger partial charge >= 0.3 is 6.18 Å². The maximum absolute atomic E-state index is 14.1. The Kier molecular flexibility index (Phi) is 4.45. The minimum atomic E-state index is -4.69. The number of alkyl halides is 3. The standard InChI is InChI=1S/C26H17F3N4O/c27-26(28,29)23-14-21(19-10-5-8-16-6-1-3-9-18(16)19)31-24-20(15-30-33(23)24)25(34)32-13-12-17-7-2-4-11-22(17)32/h1-11,14-15H,12-13H2. The van der Waals surface area contributed by atoms with Crippen molar-refractivity contribution < 1.29 is 18.0 Å². The van der Waals surface area contributed by atoms with E-state index in [0.717, 1.165) is 28.1 Å². The molecule has 0 spiro atoms. The van der Waals surface area contributed by atoms with Crippen molar-refractivity contribution in [1.29, 1.82) is 0 Å². The van der Waals surface area contributed by atoms with Gasteiger partial charge in [0.1, 0.15) is 5.56 Å². The smallest absolute Gasteiger partial charge is 0.308 e. The first-order valence-electron chi connectivity index (χ1n) is 10.8. The summed E-state index contributed by atoms with van der Waals surface area (Å²) in [6.45, 7) is 0.449. The topological polar surface area (TPSA) is 50.5 Å². The summed E-state index contributed by atoms with van der Waals surface area (Å²) < 4.78 is 42.9. The molecule has 3 aromatic carbocycles. The van der Waals surface area contributed by atoms with Gasteiger partial charge in [0.15, 0.2) is 11.3 Å². The fourth-order valence-corrected chi connectivity index (χ4v) is 4.60. The molecule has 0 atom stereocenters. The normalized spacial score (nSPS) is 13.6. The second-order valence-corrected chi connectivity index (χ2v) is 8.18. The van der Waals surface area contributed by atoms with Crippen LogP contribution in [-0.4, -0.2) is 27.0 Å². The Hall–Kier alpha value is -4.20. The number of hydrogen-bond acceptors (Lipinski definition) is 3. The molecule has 5 nitrogen and oxygen atoms in total. The molecule has 1 aliphatic heterocycles. The lowest BCUT2D eigenvalue weighted by Gasteiger charge is -2.17. The second kappa shape index (κ2) is 7.41. The molecule has 0 N–H and O–H groups in total. The van der Waals surface area contributed by atoms with Crippen molar-refractivity contribution >= 4 is 28.0 Å². The summed E-state index contributed by atoms with van der Waals surface area (Å²) in [5.41, 5.74) is 1.39. The number of aromatic nitrogens is 3. The zero-order valence-electron chi connectivity index (χ0n) is 17.8. The van der Waals surface area contributed by atoms with Crippen LogP contribution in [0.4, 0.5) is 18.9 Å². The number of anilines is 1. The van der Waals surface area contributed by atoms with Gasteiger partial charge in [0, 0.05) is 17.8 Å². The van der Waals surface area contributed by atoms with Crippen LogP contribution in [0.3, 0.4) is 0 Å². The Morgan fingerprint density at radius 3 is 2.56 bits per heavy atom. The van der Waals surface area contributed by atoms with Gasteiger partial charge in [-0.3, -0.25) is 4.79 Å². The lowest BCUT2D eigenvalue weighted by atomic mass is 10.0. The molecule has 5 aromatic rings. The van der Waals surface area contributed by atoms with E-state index in [4.69, 9.17) is 0 Å². The maximum Gasteiger partial charge on any atom is 0.433 e. The molecule has 1 aliphatic rings. The van der Waals surface area contributed by atoms with Crippen LogP contribution in [0.5, 0.6) is 0 Å². The molecular formula is C26H17F3N4O. The van der Waals surface area contributed by atoms with E-state index in [1.165, 1.54) is 6.20 Å². The first-order valence-corrected chi connectivity index (χ1v) is 10.8. The number of rotatable bonds is 2. The van der Waals surface area contributed by atoms with Gasteiger partial charge in [-0.2, -0.15) is 18.3 Å². The summed E-state index contributed by atoms with van der Waals surface area (Å²) in [7, 11) is 0. The lowest BCUT2D eigenvalue weighted by Crippen LogP contribution is -2.29. The van der Waals surface area contributed by atoms with Gasteiger partial charge in [0.2, 0.25) is 0 Å². The van der Waals surface area contributed by atoms with E-state index < -0.39 is 17.8 Å². The van der Waals surface area contributed by atoms with E-state index in [-0.39, 0.29) is 16.9 Å².